The average Bonchev–Trinajstić information content (AvgIpc) is 2.94. The third-order valence-electron chi connectivity index (χ3n) is 5.82. The molecule has 0 radical (unpaired) electrons. The molecular weight excluding hydrogens is 364 g/mol. The number of rotatable bonds is 3. The number of anilines is 2. The van der Waals surface area contributed by atoms with Gasteiger partial charge in [0.1, 0.15) is 0 Å². The molecule has 2 aromatic carbocycles. The first-order chi connectivity index (χ1) is 13.8. The third kappa shape index (κ3) is 3.48. The molecule has 1 N–H and O–H groups in total. The topological polar surface area (TPSA) is 66.5 Å². The predicted octanol–water partition coefficient (Wildman–Crippen LogP) is 4.40. The molecule has 4 rings (SSSR count). The van der Waals surface area contributed by atoms with Gasteiger partial charge in [-0.15, -0.1) is 0 Å². The monoisotopic (exact) mass is 388 g/mol. The van der Waals surface area contributed by atoms with Crippen molar-refractivity contribution in [2.45, 2.75) is 33.6 Å². The van der Waals surface area contributed by atoms with Crippen molar-refractivity contribution in [3.8, 4) is 0 Å². The maximum absolute atomic E-state index is 12.9. The molecule has 29 heavy (non-hydrogen) atoms. The summed E-state index contributed by atoms with van der Waals surface area (Å²) in [5.41, 5.74) is 4.86. The number of carbonyl (C=O) groups excluding carboxylic acids is 3. The van der Waals surface area contributed by atoms with Crippen LogP contribution in [0.25, 0.3) is 0 Å². The first kappa shape index (κ1) is 19.1. The van der Waals surface area contributed by atoms with Crippen LogP contribution in [0.3, 0.4) is 0 Å². The second-order valence-electron chi connectivity index (χ2n) is 8.04. The van der Waals surface area contributed by atoms with Crippen LogP contribution in [-0.2, 0) is 9.59 Å². The van der Waals surface area contributed by atoms with Gasteiger partial charge in [0.25, 0.3) is 5.91 Å². The van der Waals surface area contributed by atoms with Gasteiger partial charge in [0.15, 0.2) is 0 Å². The highest BCUT2D eigenvalue weighted by atomic mass is 16.2. The van der Waals surface area contributed by atoms with Crippen LogP contribution < -0.4 is 10.2 Å². The van der Waals surface area contributed by atoms with Gasteiger partial charge in [-0.3, -0.25) is 19.3 Å². The molecule has 1 saturated heterocycles. The zero-order valence-electron chi connectivity index (χ0n) is 16.9. The fraction of sp³-hybridized carbons (Fsp3) is 0.292. The molecule has 0 spiro atoms. The summed E-state index contributed by atoms with van der Waals surface area (Å²) in [6.07, 6.45) is 3.27. The summed E-state index contributed by atoms with van der Waals surface area (Å²) in [6, 6.07) is 12.5. The van der Waals surface area contributed by atoms with Crippen LogP contribution in [0.1, 0.15) is 41.3 Å². The van der Waals surface area contributed by atoms with Gasteiger partial charge in [0, 0.05) is 11.3 Å². The lowest BCUT2D eigenvalue weighted by atomic mass is 9.82. The van der Waals surface area contributed by atoms with Gasteiger partial charge >= 0.3 is 0 Å². The molecule has 5 nitrogen and oxygen atoms in total. The highest BCUT2D eigenvalue weighted by Gasteiger charge is 2.48. The van der Waals surface area contributed by atoms with Crippen molar-refractivity contribution in [1.82, 2.24) is 0 Å². The van der Waals surface area contributed by atoms with Crippen molar-refractivity contribution in [3.63, 3.8) is 0 Å². The van der Waals surface area contributed by atoms with Gasteiger partial charge in [-0.1, -0.05) is 35.4 Å². The minimum atomic E-state index is -0.293. The lowest BCUT2D eigenvalue weighted by molar-refractivity contribution is -0.122. The molecule has 0 bridgehead atoms. The van der Waals surface area contributed by atoms with Crippen LogP contribution in [0.2, 0.25) is 0 Å². The molecule has 1 fully saturated rings. The van der Waals surface area contributed by atoms with Crippen LogP contribution >= 0.6 is 0 Å². The first-order valence-corrected chi connectivity index (χ1v) is 9.87. The lowest BCUT2D eigenvalue weighted by Crippen LogP contribution is -2.31. The van der Waals surface area contributed by atoms with Crippen LogP contribution in [0.15, 0.2) is 54.1 Å². The van der Waals surface area contributed by atoms with E-state index in [2.05, 4.69) is 5.32 Å². The molecule has 0 aromatic heterocycles. The Morgan fingerprint density at radius 3 is 2.52 bits per heavy atom. The molecule has 3 amide bonds. The van der Waals surface area contributed by atoms with Gasteiger partial charge < -0.3 is 5.32 Å². The van der Waals surface area contributed by atoms with E-state index in [0.29, 0.717) is 24.1 Å². The Bertz CT molecular complexity index is 1050. The zero-order valence-corrected chi connectivity index (χ0v) is 16.9. The van der Waals surface area contributed by atoms with Gasteiger partial charge in [0.05, 0.1) is 17.5 Å². The summed E-state index contributed by atoms with van der Waals surface area (Å²) in [7, 11) is 0. The van der Waals surface area contributed by atoms with Crippen molar-refractivity contribution in [2.75, 3.05) is 10.2 Å². The van der Waals surface area contributed by atoms with Crippen LogP contribution in [0, 0.1) is 25.7 Å². The summed E-state index contributed by atoms with van der Waals surface area (Å²) in [5, 5.41) is 2.91. The highest BCUT2D eigenvalue weighted by Crippen LogP contribution is 2.39. The Morgan fingerprint density at radius 1 is 1.00 bits per heavy atom. The standard InChI is InChI=1S/C24H24N2O3/c1-14-8-10-21(16(3)11-14)25-22(27)17-5-4-6-18(13-17)26-23(28)19-9-7-15(2)12-20(19)24(26)29/h4-8,10-11,13,19-20H,9,12H2,1-3H3,(H,25,27)/t19-,20-/m1/s1. The predicted molar refractivity (Wildman–Crippen MR) is 113 cm³/mol. The van der Waals surface area contributed by atoms with E-state index in [1.165, 1.54) is 4.90 Å². The number of amides is 3. The van der Waals surface area contributed by atoms with Gasteiger partial charge in [-0.2, -0.15) is 0 Å². The number of imide groups is 1. The van der Waals surface area contributed by atoms with Crippen LogP contribution in [0.5, 0.6) is 0 Å². The molecule has 1 aliphatic heterocycles. The first-order valence-electron chi connectivity index (χ1n) is 9.87. The van der Waals surface area contributed by atoms with E-state index in [0.717, 1.165) is 22.4 Å². The molecular formula is C24H24N2O3. The Kier molecular flexibility index (Phi) is 4.82. The second-order valence-corrected chi connectivity index (χ2v) is 8.04. The number of benzene rings is 2. The number of hydrogen-bond donors (Lipinski definition) is 1. The van der Waals surface area contributed by atoms with E-state index in [1.54, 1.807) is 24.3 Å². The second kappa shape index (κ2) is 7.32. The number of aryl methyl sites for hydroxylation is 2. The summed E-state index contributed by atoms with van der Waals surface area (Å²) >= 11 is 0. The molecule has 0 unspecified atom stereocenters. The van der Waals surface area contributed by atoms with Crippen molar-refractivity contribution >= 4 is 29.1 Å². The summed E-state index contributed by atoms with van der Waals surface area (Å²) in [6.45, 7) is 5.94. The van der Waals surface area contributed by atoms with Crippen molar-refractivity contribution < 1.29 is 14.4 Å². The molecule has 1 heterocycles. The lowest BCUT2D eigenvalue weighted by Gasteiger charge is -2.18. The average molecular weight is 388 g/mol. The fourth-order valence-corrected chi connectivity index (χ4v) is 4.23. The van der Waals surface area contributed by atoms with E-state index in [-0.39, 0.29) is 29.6 Å². The summed E-state index contributed by atoms with van der Waals surface area (Å²) < 4.78 is 0. The molecule has 148 valence electrons. The van der Waals surface area contributed by atoms with Crippen LogP contribution in [-0.4, -0.2) is 17.7 Å². The van der Waals surface area contributed by atoms with Crippen molar-refractivity contribution in [2.24, 2.45) is 11.8 Å². The summed E-state index contributed by atoms with van der Waals surface area (Å²) in [4.78, 5) is 39.8. The van der Waals surface area contributed by atoms with E-state index in [1.807, 2.05) is 45.0 Å². The summed E-state index contributed by atoms with van der Waals surface area (Å²) in [5.74, 6) is -1.19. The molecule has 5 heteroatoms. The maximum atomic E-state index is 12.9. The Morgan fingerprint density at radius 2 is 1.76 bits per heavy atom. The van der Waals surface area contributed by atoms with E-state index in [4.69, 9.17) is 0 Å². The quantitative estimate of drug-likeness (QED) is 0.626. The van der Waals surface area contributed by atoms with Gasteiger partial charge in [-0.05, 0) is 63.4 Å². The number of hydrogen-bond acceptors (Lipinski definition) is 3. The maximum Gasteiger partial charge on any atom is 0.255 e. The Balaban J connectivity index is 1.58. The highest BCUT2D eigenvalue weighted by molar-refractivity contribution is 6.22. The van der Waals surface area contributed by atoms with E-state index in [9.17, 15) is 14.4 Å². The van der Waals surface area contributed by atoms with Gasteiger partial charge in [0.2, 0.25) is 11.8 Å². The van der Waals surface area contributed by atoms with E-state index >= 15 is 0 Å². The zero-order chi connectivity index (χ0) is 20.7. The SMILES string of the molecule is CC1=CC[C@H]2C(=O)N(c3cccc(C(=O)Nc4ccc(C)cc4C)c3)C(=O)[C@@H]2C1. The largest absolute Gasteiger partial charge is 0.322 e. The molecule has 2 aliphatic rings. The Labute approximate surface area is 170 Å². The third-order valence-corrected chi connectivity index (χ3v) is 5.82. The molecule has 2 atom stereocenters. The number of fused-ring (bicyclic) bond motifs is 1. The number of carbonyl (C=O) groups is 3. The fourth-order valence-electron chi connectivity index (χ4n) is 4.23. The minimum absolute atomic E-state index is 0.167. The van der Waals surface area contributed by atoms with Crippen molar-refractivity contribution in [1.29, 1.82) is 0 Å². The van der Waals surface area contributed by atoms with Crippen LogP contribution in [0.4, 0.5) is 11.4 Å². The number of nitrogens with one attached hydrogen (secondary N) is 1. The molecule has 0 saturated carbocycles. The molecule has 1 aliphatic carbocycles. The van der Waals surface area contributed by atoms with Crippen molar-refractivity contribution in [3.05, 3.63) is 70.8 Å². The normalized spacial score (nSPS) is 21.1. The van der Waals surface area contributed by atoms with Gasteiger partial charge in [-0.25, -0.2) is 0 Å². The smallest absolute Gasteiger partial charge is 0.255 e. The Hall–Kier alpha value is -3.21. The van der Waals surface area contributed by atoms with E-state index < -0.39 is 0 Å². The minimum Gasteiger partial charge on any atom is -0.322 e. The molecule has 2 aromatic rings. The number of allylic oxidation sites excluding steroid dienone is 2. The number of nitrogens with zero attached hydrogens (tertiary/aromatic N) is 1.